The van der Waals surface area contributed by atoms with Crippen molar-refractivity contribution in [2.75, 3.05) is 13.1 Å². The number of rotatable bonds is 8. The highest BCUT2D eigenvalue weighted by atomic mass is 16.1. The molecule has 0 saturated carbocycles. The molecule has 3 N–H and O–H groups in total. The topological polar surface area (TPSA) is 55.1 Å². The van der Waals surface area contributed by atoms with Crippen LogP contribution in [-0.2, 0) is 4.79 Å². The number of hydrogen-bond acceptors (Lipinski definition) is 2. The molecule has 0 aliphatic heterocycles. The van der Waals surface area contributed by atoms with E-state index in [0.717, 1.165) is 19.4 Å². The molecule has 2 unspecified atom stereocenters. The molecule has 2 atom stereocenters. The molecule has 3 nitrogen and oxygen atoms in total. The molecule has 19 heavy (non-hydrogen) atoms. The van der Waals surface area contributed by atoms with Gasteiger partial charge < -0.3 is 11.1 Å². The van der Waals surface area contributed by atoms with Crippen molar-refractivity contribution in [1.82, 2.24) is 5.32 Å². The van der Waals surface area contributed by atoms with Crippen molar-refractivity contribution in [1.29, 1.82) is 0 Å². The highest BCUT2D eigenvalue weighted by molar-refractivity contribution is 5.75. The van der Waals surface area contributed by atoms with Crippen molar-refractivity contribution >= 4 is 5.91 Å². The minimum atomic E-state index is 0.179. The molecule has 1 amide bonds. The van der Waals surface area contributed by atoms with Gasteiger partial charge in [0.25, 0.3) is 0 Å². The third-order valence-corrected chi connectivity index (χ3v) is 4.31. The van der Waals surface area contributed by atoms with Crippen molar-refractivity contribution in [3.8, 4) is 0 Å². The molecule has 0 aromatic heterocycles. The fourth-order valence-electron chi connectivity index (χ4n) is 2.00. The van der Waals surface area contributed by atoms with Crippen LogP contribution in [0, 0.1) is 23.2 Å². The summed E-state index contributed by atoms with van der Waals surface area (Å²) in [6, 6.07) is 0. The number of carbonyl (C=O) groups is 1. The van der Waals surface area contributed by atoms with E-state index < -0.39 is 0 Å². The Balaban J connectivity index is 3.98. The van der Waals surface area contributed by atoms with Crippen molar-refractivity contribution in [2.24, 2.45) is 28.9 Å². The Morgan fingerprint density at radius 3 is 2.16 bits per heavy atom. The Labute approximate surface area is 119 Å². The summed E-state index contributed by atoms with van der Waals surface area (Å²) in [6.07, 6.45) is 2.59. The highest BCUT2D eigenvalue weighted by Gasteiger charge is 2.20. The molecule has 0 spiro atoms. The molecule has 0 aliphatic carbocycles. The molecule has 0 aromatic carbocycles. The summed E-state index contributed by atoms with van der Waals surface area (Å²) >= 11 is 0. The molecule has 0 fully saturated rings. The Morgan fingerprint density at radius 1 is 1.16 bits per heavy atom. The fourth-order valence-corrected chi connectivity index (χ4v) is 2.00. The van der Waals surface area contributed by atoms with E-state index in [1.165, 1.54) is 0 Å². The van der Waals surface area contributed by atoms with Crippen molar-refractivity contribution in [3.05, 3.63) is 0 Å². The highest BCUT2D eigenvalue weighted by Crippen LogP contribution is 2.24. The summed E-state index contributed by atoms with van der Waals surface area (Å²) in [7, 11) is 0. The van der Waals surface area contributed by atoms with Crippen LogP contribution in [0.2, 0.25) is 0 Å². The molecule has 0 radical (unpaired) electrons. The molecule has 3 heteroatoms. The normalized spacial score (nSPS) is 15.4. The van der Waals surface area contributed by atoms with Crippen LogP contribution in [0.3, 0.4) is 0 Å². The van der Waals surface area contributed by atoms with Crippen LogP contribution in [0.5, 0.6) is 0 Å². The first kappa shape index (κ1) is 18.4. The summed E-state index contributed by atoms with van der Waals surface area (Å²) in [5, 5.41) is 3.06. The lowest BCUT2D eigenvalue weighted by Gasteiger charge is -2.27. The SMILES string of the molecule is CC(C)C(CCN)CCC(=O)NCC(C)C(C)(C)C. The zero-order valence-corrected chi connectivity index (χ0v) is 13.8. The zero-order valence-electron chi connectivity index (χ0n) is 13.8. The molecule has 0 rings (SSSR count). The number of nitrogens with one attached hydrogen (secondary N) is 1. The molecule has 0 aromatic rings. The van der Waals surface area contributed by atoms with Gasteiger partial charge in [0.05, 0.1) is 0 Å². The number of carbonyl (C=O) groups excluding carboxylic acids is 1. The van der Waals surface area contributed by atoms with Crippen LogP contribution in [0.1, 0.15) is 60.8 Å². The minimum Gasteiger partial charge on any atom is -0.356 e. The second kappa shape index (κ2) is 8.57. The molecule has 0 bridgehead atoms. The van der Waals surface area contributed by atoms with Gasteiger partial charge in [0.1, 0.15) is 0 Å². The quantitative estimate of drug-likeness (QED) is 0.711. The van der Waals surface area contributed by atoms with E-state index in [9.17, 15) is 4.79 Å². The van der Waals surface area contributed by atoms with Crippen LogP contribution in [0.4, 0.5) is 0 Å². The van der Waals surface area contributed by atoms with Gasteiger partial charge in [-0.15, -0.1) is 0 Å². The van der Waals surface area contributed by atoms with Crippen LogP contribution in [0.25, 0.3) is 0 Å². The lowest BCUT2D eigenvalue weighted by molar-refractivity contribution is -0.121. The average Bonchev–Trinajstić information content (AvgIpc) is 2.29. The van der Waals surface area contributed by atoms with Gasteiger partial charge in [0, 0.05) is 13.0 Å². The maximum absolute atomic E-state index is 11.9. The Hall–Kier alpha value is -0.570. The fraction of sp³-hybridized carbons (Fsp3) is 0.938. The van der Waals surface area contributed by atoms with Crippen LogP contribution < -0.4 is 11.1 Å². The maximum atomic E-state index is 11.9. The monoisotopic (exact) mass is 270 g/mol. The van der Waals surface area contributed by atoms with E-state index in [4.69, 9.17) is 5.73 Å². The smallest absolute Gasteiger partial charge is 0.220 e. The third-order valence-electron chi connectivity index (χ3n) is 4.31. The van der Waals surface area contributed by atoms with Crippen LogP contribution >= 0.6 is 0 Å². The first-order chi connectivity index (χ1) is 8.68. The molecular weight excluding hydrogens is 236 g/mol. The number of hydrogen-bond donors (Lipinski definition) is 2. The maximum Gasteiger partial charge on any atom is 0.220 e. The van der Waals surface area contributed by atoms with E-state index in [2.05, 4.69) is 46.9 Å². The van der Waals surface area contributed by atoms with Crippen molar-refractivity contribution < 1.29 is 4.79 Å². The zero-order chi connectivity index (χ0) is 15.1. The van der Waals surface area contributed by atoms with Crippen molar-refractivity contribution in [2.45, 2.75) is 60.8 Å². The summed E-state index contributed by atoms with van der Waals surface area (Å²) in [4.78, 5) is 11.9. The first-order valence-corrected chi connectivity index (χ1v) is 7.65. The average molecular weight is 270 g/mol. The molecular formula is C16H34N2O. The number of amides is 1. The molecule has 114 valence electrons. The van der Waals surface area contributed by atoms with Crippen LogP contribution in [-0.4, -0.2) is 19.0 Å². The predicted molar refractivity (Wildman–Crippen MR) is 82.9 cm³/mol. The van der Waals surface area contributed by atoms with E-state index in [1.807, 2.05) is 0 Å². The summed E-state index contributed by atoms with van der Waals surface area (Å²) in [5.74, 6) is 1.83. The first-order valence-electron chi connectivity index (χ1n) is 7.65. The Morgan fingerprint density at radius 2 is 1.74 bits per heavy atom. The largest absolute Gasteiger partial charge is 0.356 e. The Bertz CT molecular complexity index is 256. The van der Waals surface area contributed by atoms with Gasteiger partial charge in [-0.25, -0.2) is 0 Å². The van der Waals surface area contributed by atoms with Gasteiger partial charge in [-0.05, 0) is 42.6 Å². The van der Waals surface area contributed by atoms with Gasteiger partial charge in [0.2, 0.25) is 5.91 Å². The van der Waals surface area contributed by atoms with Gasteiger partial charge in [-0.2, -0.15) is 0 Å². The number of nitrogens with two attached hydrogens (primary N) is 1. The molecule has 0 heterocycles. The van der Waals surface area contributed by atoms with Gasteiger partial charge >= 0.3 is 0 Å². The second-order valence-corrected chi connectivity index (χ2v) is 7.19. The van der Waals surface area contributed by atoms with Crippen LogP contribution in [0.15, 0.2) is 0 Å². The van der Waals surface area contributed by atoms with E-state index >= 15 is 0 Å². The second-order valence-electron chi connectivity index (χ2n) is 7.19. The lowest BCUT2D eigenvalue weighted by atomic mass is 9.82. The van der Waals surface area contributed by atoms with Gasteiger partial charge in [0.15, 0.2) is 0 Å². The Kier molecular flexibility index (Phi) is 8.31. The standard InChI is InChI=1S/C16H34N2O/c1-12(2)14(9-10-17)7-8-15(19)18-11-13(3)16(4,5)6/h12-14H,7-11,17H2,1-6H3,(H,18,19). The summed E-state index contributed by atoms with van der Waals surface area (Å²) < 4.78 is 0. The third kappa shape index (κ3) is 8.25. The predicted octanol–water partition coefficient (Wildman–Crippen LogP) is 3.19. The van der Waals surface area contributed by atoms with Crippen molar-refractivity contribution in [3.63, 3.8) is 0 Å². The molecule has 0 aliphatic rings. The van der Waals surface area contributed by atoms with E-state index in [-0.39, 0.29) is 11.3 Å². The molecule has 0 saturated heterocycles. The lowest BCUT2D eigenvalue weighted by Crippen LogP contribution is -2.34. The van der Waals surface area contributed by atoms with E-state index in [1.54, 1.807) is 0 Å². The van der Waals surface area contributed by atoms with Gasteiger partial charge in [-0.3, -0.25) is 4.79 Å². The summed E-state index contributed by atoms with van der Waals surface area (Å²) in [5.41, 5.74) is 5.86. The minimum absolute atomic E-state index is 0.179. The van der Waals surface area contributed by atoms with Gasteiger partial charge in [-0.1, -0.05) is 41.5 Å². The summed E-state index contributed by atoms with van der Waals surface area (Å²) in [6.45, 7) is 14.7. The van der Waals surface area contributed by atoms with E-state index in [0.29, 0.717) is 30.7 Å².